The van der Waals surface area contributed by atoms with Crippen molar-refractivity contribution in [3.05, 3.63) is 12.7 Å². The van der Waals surface area contributed by atoms with Crippen molar-refractivity contribution in [2.75, 3.05) is 6.61 Å². The first-order valence-corrected chi connectivity index (χ1v) is 10.6. The van der Waals surface area contributed by atoms with E-state index in [1.807, 2.05) is 0 Å². The van der Waals surface area contributed by atoms with Gasteiger partial charge in [0, 0.05) is 6.61 Å². The first-order chi connectivity index (χ1) is 11.3. The fraction of sp³-hybridized carbons (Fsp3) is 0.909. The molecule has 0 aliphatic heterocycles. The largest absolute Gasteiger partial charge is 0.378 e. The molecule has 0 atom stereocenters. The number of hydrogen-bond donors (Lipinski definition) is 0. The molecule has 0 heterocycles. The van der Waals surface area contributed by atoms with Crippen LogP contribution >= 0.6 is 0 Å². The Morgan fingerprint density at radius 2 is 1.52 bits per heavy atom. The van der Waals surface area contributed by atoms with Crippen molar-refractivity contribution in [2.24, 2.45) is 17.8 Å². The van der Waals surface area contributed by atoms with Gasteiger partial charge in [-0.25, -0.2) is 0 Å². The summed E-state index contributed by atoms with van der Waals surface area (Å²) >= 11 is 0. The number of hydrogen-bond acceptors (Lipinski definition) is 1. The summed E-state index contributed by atoms with van der Waals surface area (Å²) in [6, 6.07) is 0. The van der Waals surface area contributed by atoms with Crippen LogP contribution in [0.1, 0.15) is 96.8 Å². The summed E-state index contributed by atoms with van der Waals surface area (Å²) < 4.78 is 6.08. The second-order valence-electron chi connectivity index (χ2n) is 8.12. The van der Waals surface area contributed by atoms with E-state index >= 15 is 0 Å². The molecule has 1 heteroatoms. The van der Waals surface area contributed by atoms with E-state index in [9.17, 15) is 0 Å². The number of unbranched alkanes of at least 4 members (excludes halogenated alkanes) is 3. The maximum Gasteiger partial charge on any atom is 0.0575 e. The van der Waals surface area contributed by atoms with E-state index < -0.39 is 0 Å². The summed E-state index contributed by atoms with van der Waals surface area (Å²) in [5.74, 6) is 3.07. The minimum Gasteiger partial charge on any atom is -0.378 e. The van der Waals surface area contributed by atoms with E-state index in [0.29, 0.717) is 6.10 Å². The number of allylic oxidation sites excluding steroid dienone is 1. The van der Waals surface area contributed by atoms with Crippen LogP contribution in [0.5, 0.6) is 0 Å². The third kappa shape index (κ3) is 6.99. The zero-order valence-corrected chi connectivity index (χ0v) is 15.6. The summed E-state index contributed by atoms with van der Waals surface area (Å²) in [5.41, 5.74) is 0. The Morgan fingerprint density at radius 1 is 0.870 bits per heavy atom. The molecule has 1 nitrogen and oxygen atoms in total. The molecule has 0 aromatic carbocycles. The molecule has 0 aromatic rings. The third-order valence-electron chi connectivity index (χ3n) is 6.40. The van der Waals surface area contributed by atoms with E-state index in [0.717, 1.165) is 24.4 Å². The van der Waals surface area contributed by atoms with Gasteiger partial charge in [-0.15, -0.1) is 6.58 Å². The van der Waals surface area contributed by atoms with Crippen molar-refractivity contribution in [1.29, 1.82) is 0 Å². The second-order valence-corrected chi connectivity index (χ2v) is 8.12. The van der Waals surface area contributed by atoms with Crippen LogP contribution in [0.25, 0.3) is 0 Å². The van der Waals surface area contributed by atoms with Gasteiger partial charge in [-0.1, -0.05) is 45.1 Å². The molecule has 0 amide bonds. The lowest BCUT2D eigenvalue weighted by atomic mass is 9.70. The van der Waals surface area contributed by atoms with E-state index in [1.165, 1.54) is 89.9 Å². The zero-order valence-electron chi connectivity index (χ0n) is 15.6. The average molecular weight is 321 g/mol. The van der Waals surface area contributed by atoms with Gasteiger partial charge in [-0.05, 0) is 75.5 Å². The molecule has 0 aromatic heterocycles. The topological polar surface area (TPSA) is 9.23 Å². The highest BCUT2D eigenvalue weighted by Gasteiger charge is 2.30. The molecule has 23 heavy (non-hydrogen) atoms. The first-order valence-electron chi connectivity index (χ1n) is 10.6. The van der Waals surface area contributed by atoms with Gasteiger partial charge in [-0.2, -0.15) is 0 Å². The van der Waals surface area contributed by atoms with Gasteiger partial charge >= 0.3 is 0 Å². The molecule has 0 unspecified atom stereocenters. The van der Waals surface area contributed by atoms with E-state index in [4.69, 9.17) is 4.74 Å². The van der Waals surface area contributed by atoms with Crippen molar-refractivity contribution >= 4 is 0 Å². The van der Waals surface area contributed by atoms with Crippen LogP contribution in [0.3, 0.4) is 0 Å². The Labute approximate surface area is 145 Å². The second kappa shape index (κ2) is 11.3. The molecule has 0 saturated heterocycles. The van der Waals surface area contributed by atoms with Gasteiger partial charge < -0.3 is 4.74 Å². The third-order valence-corrected chi connectivity index (χ3v) is 6.40. The Kier molecular flexibility index (Phi) is 9.34. The van der Waals surface area contributed by atoms with Crippen molar-refractivity contribution in [3.63, 3.8) is 0 Å². The summed E-state index contributed by atoms with van der Waals surface area (Å²) in [5, 5.41) is 0. The average Bonchev–Trinajstić information content (AvgIpc) is 2.60. The van der Waals surface area contributed by atoms with Crippen LogP contribution in [-0.2, 0) is 4.74 Å². The summed E-state index contributed by atoms with van der Waals surface area (Å²) in [6.45, 7) is 7.10. The summed E-state index contributed by atoms with van der Waals surface area (Å²) in [7, 11) is 0. The van der Waals surface area contributed by atoms with Crippen molar-refractivity contribution in [2.45, 2.75) is 103 Å². The lowest BCUT2D eigenvalue weighted by molar-refractivity contribution is 0.00540. The quantitative estimate of drug-likeness (QED) is 0.314. The molecule has 2 aliphatic rings. The molecule has 0 spiro atoms. The zero-order chi connectivity index (χ0) is 16.3. The SMILES string of the molecule is C=CCCC[C@H]1CC[C@H]([C@H]2CC[C@H](OCCCCC)CC2)CC1. The summed E-state index contributed by atoms with van der Waals surface area (Å²) in [4.78, 5) is 0. The fourth-order valence-corrected chi connectivity index (χ4v) is 4.83. The molecule has 2 aliphatic carbocycles. The van der Waals surface area contributed by atoms with Crippen molar-refractivity contribution in [3.8, 4) is 0 Å². The van der Waals surface area contributed by atoms with Crippen LogP contribution in [0, 0.1) is 17.8 Å². The molecule has 134 valence electrons. The molecule has 2 saturated carbocycles. The minimum atomic E-state index is 0.582. The number of ether oxygens (including phenoxy) is 1. The molecule has 0 bridgehead atoms. The normalized spacial score (nSPS) is 31.9. The maximum absolute atomic E-state index is 6.08. The minimum absolute atomic E-state index is 0.582. The van der Waals surface area contributed by atoms with Gasteiger partial charge in [0.05, 0.1) is 6.10 Å². The standard InChI is InChI=1S/C22H40O/c1-3-5-7-9-19-10-12-20(13-11-19)21-14-16-22(17-15-21)23-18-8-6-4-2/h3,19-22H,1,4-18H2,2H3/t19-,20-,21-,22-. The lowest BCUT2D eigenvalue weighted by Crippen LogP contribution is -2.28. The monoisotopic (exact) mass is 320 g/mol. The van der Waals surface area contributed by atoms with Crippen LogP contribution < -0.4 is 0 Å². The fourth-order valence-electron chi connectivity index (χ4n) is 4.83. The van der Waals surface area contributed by atoms with Gasteiger partial charge in [0.15, 0.2) is 0 Å². The highest BCUT2D eigenvalue weighted by atomic mass is 16.5. The highest BCUT2D eigenvalue weighted by Crippen LogP contribution is 2.41. The maximum atomic E-state index is 6.08. The van der Waals surface area contributed by atoms with Gasteiger partial charge in [0.25, 0.3) is 0 Å². The lowest BCUT2D eigenvalue weighted by Gasteiger charge is -2.37. The Morgan fingerprint density at radius 3 is 2.13 bits per heavy atom. The molecular formula is C22H40O. The molecular weight excluding hydrogens is 280 g/mol. The summed E-state index contributed by atoms with van der Waals surface area (Å²) in [6.07, 6.45) is 22.1. The van der Waals surface area contributed by atoms with E-state index in [1.54, 1.807) is 0 Å². The number of rotatable bonds is 10. The van der Waals surface area contributed by atoms with E-state index in [2.05, 4.69) is 19.6 Å². The highest BCUT2D eigenvalue weighted by molar-refractivity contribution is 4.82. The Balaban J connectivity index is 1.56. The first kappa shape index (κ1) is 19.0. The molecule has 0 N–H and O–H groups in total. The molecule has 2 rings (SSSR count). The Bertz CT molecular complexity index is 295. The molecule has 0 radical (unpaired) electrons. The Hall–Kier alpha value is -0.300. The van der Waals surface area contributed by atoms with Crippen LogP contribution in [0.15, 0.2) is 12.7 Å². The van der Waals surface area contributed by atoms with Gasteiger partial charge in [0.2, 0.25) is 0 Å². The van der Waals surface area contributed by atoms with Crippen molar-refractivity contribution < 1.29 is 4.74 Å². The van der Waals surface area contributed by atoms with Crippen LogP contribution in [-0.4, -0.2) is 12.7 Å². The predicted octanol–water partition coefficient (Wildman–Crippen LogP) is 6.91. The smallest absolute Gasteiger partial charge is 0.0575 e. The van der Waals surface area contributed by atoms with Crippen molar-refractivity contribution in [1.82, 2.24) is 0 Å². The molecule has 2 fully saturated rings. The van der Waals surface area contributed by atoms with Gasteiger partial charge in [0.1, 0.15) is 0 Å². The van der Waals surface area contributed by atoms with Gasteiger partial charge in [-0.3, -0.25) is 0 Å². The van der Waals surface area contributed by atoms with Crippen LogP contribution in [0.2, 0.25) is 0 Å². The predicted molar refractivity (Wildman–Crippen MR) is 101 cm³/mol. The van der Waals surface area contributed by atoms with E-state index in [-0.39, 0.29) is 0 Å². The van der Waals surface area contributed by atoms with Crippen LogP contribution in [0.4, 0.5) is 0 Å².